The van der Waals surface area contributed by atoms with E-state index in [1.54, 1.807) is 6.92 Å². The van der Waals surface area contributed by atoms with E-state index in [0.717, 1.165) is 21.6 Å². The summed E-state index contributed by atoms with van der Waals surface area (Å²) >= 11 is 2.75. The Hall–Kier alpha value is -1.60. The Kier molecular flexibility index (Phi) is 5.19. The number of primary amides is 1. The van der Waals surface area contributed by atoms with Crippen LogP contribution in [0.4, 0.5) is 10.8 Å². The van der Waals surface area contributed by atoms with Crippen molar-refractivity contribution in [2.75, 3.05) is 5.32 Å². The van der Waals surface area contributed by atoms with E-state index < -0.39 is 0 Å². The molecule has 2 rings (SSSR count). The minimum absolute atomic E-state index is 0.310. The molecule has 1 aromatic heterocycles. The van der Waals surface area contributed by atoms with E-state index in [0.29, 0.717) is 0 Å². The number of aryl methyl sites for hydroxylation is 2. The van der Waals surface area contributed by atoms with Crippen molar-refractivity contribution in [1.82, 2.24) is 10.2 Å². The highest BCUT2D eigenvalue weighted by molar-refractivity contribution is 8.02. The van der Waals surface area contributed by atoms with E-state index in [1.165, 1.54) is 34.2 Å². The number of amides is 1. The number of thioether (sulfide) groups is 1. The number of nitrogens with one attached hydrogen (secondary N) is 1. The molecule has 1 amide bonds. The molecule has 0 unspecified atom stereocenters. The van der Waals surface area contributed by atoms with Gasteiger partial charge in [-0.05, 0) is 31.4 Å². The Bertz CT molecular complexity index is 642. The first-order valence-electron chi connectivity index (χ1n) is 6.66. The number of nitrogens with zero attached hydrogens (tertiary/aromatic N) is 2. The van der Waals surface area contributed by atoms with Crippen molar-refractivity contribution in [3.8, 4) is 0 Å². The molecule has 0 aliphatic heterocycles. The van der Waals surface area contributed by atoms with Gasteiger partial charge in [0.05, 0.1) is 5.25 Å². The van der Waals surface area contributed by atoms with Crippen molar-refractivity contribution in [3.63, 3.8) is 0 Å². The fourth-order valence-electron chi connectivity index (χ4n) is 1.83. The standard InChI is InChI=1S/C14H18N4OS2/c1-4-10-7-5-6-8(2)11(10)16-13-17-18-14(21-13)20-9(3)12(15)19/h5-7,9H,4H2,1-3H3,(H2,15,19)(H,16,17)/t9-/m0/s1. The van der Waals surface area contributed by atoms with Crippen molar-refractivity contribution in [2.45, 2.75) is 36.8 Å². The quantitative estimate of drug-likeness (QED) is 0.799. The van der Waals surface area contributed by atoms with Crippen LogP contribution in [0.1, 0.15) is 25.0 Å². The summed E-state index contributed by atoms with van der Waals surface area (Å²) in [5.74, 6) is -0.350. The third-order valence-electron chi connectivity index (χ3n) is 3.06. The summed E-state index contributed by atoms with van der Waals surface area (Å²) in [6, 6.07) is 6.21. The second kappa shape index (κ2) is 6.91. The van der Waals surface area contributed by atoms with Crippen LogP contribution in [-0.2, 0) is 11.2 Å². The maximum Gasteiger partial charge on any atom is 0.230 e. The third-order valence-corrected chi connectivity index (χ3v) is 5.10. The van der Waals surface area contributed by atoms with E-state index in [-0.39, 0.29) is 11.2 Å². The Balaban J connectivity index is 2.15. The zero-order chi connectivity index (χ0) is 15.4. The summed E-state index contributed by atoms with van der Waals surface area (Å²) < 4.78 is 0.732. The molecule has 5 nitrogen and oxygen atoms in total. The SMILES string of the molecule is CCc1cccc(C)c1Nc1nnc(S[C@@H](C)C(N)=O)s1. The molecule has 0 spiro atoms. The number of anilines is 2. The first-order chi connectivity index (χ1) is 10.0. The van der Waals surface area contributed by atoms with Gasteiger partial charge in [0.25, 0.3) is 0 Å². The highest BCUT2D eigenvalue weighted by Crippen LogP contribution is 2.32. The molecule has 0 fully saturated rings. The molecular weight excluding hydrogens is 304 g/mol. The minimum atomic E-state index is -0.350. The number of hydrogen-bond donors (Lipinski definition) is 2. The summed E-state index contributed by atoms with van der Waals surface area (Å²) in [5, 5.41) is 11.9. The van der Waals surface area contributed by atoms with Gasteiger partial charge >= 0.3 is 0 Å². The summed E-state index contributed by atoms with van der Waals surface area (Å²) in [7, 11) is 0. The van der Waals surface area contributed by atoms with Crippen LogP contribution in [-0.4, -0.2) is 21.4 Å². The molecule has 0 aliphatic rings. The van der Waals surface area contributed by atoms with Crippen molar-refractivity contribution in [1.29, 1.82) is 0 Å². The molecular formula is C14H18N4OS2. The summed E-state index contributed by atoms with van der Waals surface area (Å²) in [4.78, 5) is 11.1. The lowest BCUT2D eigenvalue weighted by Gasteiger charge is -2.11. The first-order valence-corrected chi connectivity index (χ1v) is 8.35. The molecule has 21 heavy (non-hydrogen) atoms. The predicted octanol–water partition coefficient (Wildman–Crippen LogP) is 3.12. The average molecular weight is 322 g/mol. The van der Waals surface area contributed by atoms with Crippen molar-refractivity contribution in [3.05, 3.63) is 29.3 Å². The fraction of sp³-hybridized carbons (Fsp3) is 0.357. The molecule has 0 bridgehead atoms. The Morgan fingerprint density at radius 3 is 2.90 bits per heavy atom. The number of rotatable bonds is 6. The van der Waals surface area contributed by atoms with E-state index in [1.807, 2.05) is 0 Å². The lowest BCUT2D eigenvalue weighted by atomic mass is 10.1. The molecule has 0 saturated heterocycles. The third kappa shape index (κ3) is 3.95. The predicted molar refractivity (Wildman–Crippen MR) is 88.3 cm³/mol. The van der Waals surface area contributed by atoms with E-state index in [4.69, 9.17) is 5.73 Å². The molecule has 0 saturated carbocycles. The molecule has 2 aromatic rings. The van der Waals surface area contributed by atoms with Crippen molar-refractivity contribution in [2.24, 2.45) is 5.73 Å². The maximum atomic E-state index is 11.1. The highest BCUT2D eigenvalue weighted by Gasteiger charge is 2.15. The number of carbonyl (C=O) groups excluding carboxylic acids is 1. The molecule has 7 heteroatoms. The fourth-order valence-corrected chi connectivity index (χ4v) is 3.68. The highest BCUT2D eigenvalue weighted by atomic mass is 32.2. The van der Waals surface area contributed by atoms with Crippen LogP contribution >= 0.6 is 23.1 Å². The van der Waals surface area contributed by atoms with Gasteiger partial charge in [0, 0.05) is 5.69 Å². The van der Waals surface area contributed by atoms with Gasteiger partial charge in [0.15, 0.2) is 4.34 Å². The van der Waals surface area contributed by atoms with Crippen molar-refractivity contribution >= 4 is 39.8 Å². The van der Waals surface area contributed by atoms with Crippen LogP contribution in [0.5, 0.6) is 0 Å². The summed E-state index contributed by atoms with van der Waals surface area (Å²) in [6.45, 7) is 5.95. The largest absolute Gasteiger partial charge is 0.369 e. The number of para-hydroxylation sites is 1. The molecule has 112 valence electrons. The second-order valence-electron chi connectivity index (χ2n) is 4.62. The number of carbonyl (C=O) groups is 1. The second-order valence-corrected chi connectivity index (χ2v) is 7.19. The topological polar surface area (TPSA) is 80.9 Å². The molecule has 1 aromatic carbocycles. The van der Waals surface area contributed by atoms with E-state index >= 15 is 0 Å². The van der Waals surface area contributed by atoms with Crippen LogP contribution < -0.4 is 11.1 Å². The Morgan fingerprint density at radius 1 is 1.48 bits per heavy atom. The summed E-state index contributed by atoms with van der Waals surface area (Å²) in [5.41, 5.74) is 8.74. The molecule has 1 heterocycles. The first kappa shape index (κ1) is 15.8. The van der Waals surface area contributed by atoms with Crippen LogP contribution in [0.2, 0.25) is 0 Å². The number of hydrogen-bond acceptors (Lipinski definition) is 6. The zero-order valence-electron chi connectivity index (χ0n) is 12.2. The lowest BCUT2D eigenvalue weighted by molar-refractivity contribution is -0.117. The van der Waals surface area contributed by atoms with Gasteiger partial charge in [-0.1, -0.05) is 48.2 Å². The molecule has 0 radical (unpaired) electrons. The smallest absolute Gasteiger partial charge is 0.230 e. The van der Waals surface area contributed by atoms with Gasteiger partial charge in [-0.2, -0.15) is 0 Å². The van der Waals surface area contributed by atoms with Gasteiger partial charge < -0.3 is 11.1 Å². The molecule has 3 N–H and O–H groups in total. The van der Waals surface area contributed by atoms with Gasteiger partial charge in [-0.3, -0.25) is 4.79 Å². The average Bonchev–Trinajstić information content (AvgIpc) is 2.88. The van der Waals surface area contributed by atoms with E-state index in [9.17, 15) is 4.79 Å². The number of benzene rings is 1. The number of aromatic nitrogens is 2. The lowest BCUT2D eigenvalue weighted by Crippen LogP contribution is -2.22. The van der Waals surface area contributed by atoms with E-state index in [2.05, 4.69) is 47.6 Å². The number of nitrogens with two attached hydrogens (primary N) is 1. The van der Waals surface area contributed by atoms with Crippen LogP contribution in [0, 0.1) is 6.92 Å². The summed E-state index contributed by atoms with van der Waals surface area (Å²) in [6.07, 6.45) is 0.948. The van der Waals surface area contributed by atoms with Crippen LogP contribution in [0.3, 0.4) is 0 Å². The Labute approximate surface area is 132 Å². The van der Waals surface area contributed by atoms with Gasteiger partial charge in [0.1, 0.15) is 0 Å². The van der Waals surface area contributed by atoms with Gasteiger partial charge in [0.2, 0.25) is 11.0 Å². The monoisotopic (exact) mass is 322 g/mol. The van der Waals surface area contributed by atoms with Gasteiger partial charge in [-0.15, -0.1) is 10.2 Å². The normalized spacial score (nSPS) is 12.1. The van der Waals surface area contributed by atoms with Crippen LogP contribution in [0.15, 0.2) is 22.5 Å². The molecule has 0 aliphatic carbocycles. The zero-order valence-corrected chi connectivity index (χ0v) is 13.8. The molecule has 1 atom stereocenters. The minimum Gasteiger partial charge on any atom is -0.369 e. The Morgan fingerprint density at radius 2 is 2.24 bits per heavy atom. The van der Waals surface area contributed by atoms with Crippen LogP contribution in [0.25, 0.3) is 0 Å². The van der Waals surface area contributed by atoms with Gasteiger partial charge in [-0.25, -0.2) is 0 Å². The van der Waals surface area contributed by atoms with Crippen molar-refractivity contribution < 1.29 is 4.79 Å². The maximum absolute atomic E-state index is 11.1.